The van der Waals surface area contributed by atoms with Crippen LogP contribution in [0.3, 0.4) is 0 Å². The smallest absolute Gasteiger partial charge is 0.126 e. The van der Waals surface area contributed by atoms with Crippen molar-refractivity contribution < 1.29 is 26.2 Å². The van der Waals surface area contributed by atoms with E-state index < -0.39 is 0 Å². The first kappa shape index (κ1) is 12.6. The average Bonchev–Trinajstić information content (AvgIpc) is 2.53. The fourth-order valence-corrected chi connectivity index (χ4v) is 2.72. The Labute approximate surface area is 130 Å². The number of halogens is 2. The fourth-order valence-electron chi connectivity index (χ4n) is 1.96. The molecule has 0 aromatic heterocycles. The number of fused-ring (bicyclic) bond motifs is 3. The molecule has 0 fully saturated rings. The quantitative estimate of drug-likeness (QED) is 0.442. The normalized spacial score (nSPS) is 10.6. The summed E-state index contributed by atoms with van der Waals surface area (Å²) >= 11 is 6.99. The van der Waals surface area contributed by atoms with Gasteiger partial charge in [-0.1, -0.05) is 56.1 Å². The van der Waals surface area contributed by atoms with Gasteiger partial charge >= 0.3 is 26.2 Å². The van der Waals surface area contributed by atoms with Gasteiger partial charge in [0.2, 0.25) is 0 Å². The molecule has 0 atom stereocenters. The molecule has 0 aliphatic rings. The van der Waals surface area contributed by atoms with Gasteiger partial charge in [0.05, 0.1) is 0 Å². The number of benzene rings is 2. The molecule has 0 aliphatic carbocycles. The van der Waals surface area contributed by atoms with Gasteiger partial charge < -0.3 is 0 Å². The Morgan fingerprint density at radius 3 is 1.62 bits per heavy atom. The summed E-state index contributed by atoms with van der Waals surface area (Å²) in [5.74, 6) is 0. The Morgan fingerprint density at radius 2 is 1.19 bits per heavy atom. The van der Waals surface area contributed by atoms with Crippen LogP contribution in [-0.4, -0.2) is 0 Å². The molecule has 0 bridgehead atoms. The molecule has 16 heavy (non-hydrogen) atoms. The van der Waals surface area contributed by atoms with Crippen LogP contribution in [0.5, 0.6) is 0 Å². The standard InChI is InChI=1S/C13H7Br2.Zr/c14-10-1-3-12-8(6-10)5-9-7-11(15)2-4-13(9)12;/h1-7H;/q-1;+2. The van der Waals surface area contributed by atoms with Crippen molar-refractivity contribution in [2.24, 2.45) is 0 Å². The van der Waals surface area contributed by atoms with Crippen molar-refractivity contribution in [1.82, 2.24) is 0 Å². The maximum Gasteiger partial charge on any atom is 2.00 e. The van der Waals surface area contributed by atoms with E-state index in [1.54, 1.807) is 0 Å². The van der Waals surface area contributed by atoms with E-state index in [0.717, 1.165) is 8.95 Å². The second-order valence-corrected chi connectivity index (χ2v) is 5.44. The van der Waals surface area contributed by atoms with Crippen LogP contribution in [0.25, 0.3) is 21.5 Å². The van der Waals surface area contributed by atoms with Gasteiger partial charge in [-0.25, -0.2) is 0 Å². The Hall–Kier alpha value is 0.153. The van der Waals surface area contributed by atoms with Gasteiger partial charge in [-0.3, -0.25) is 0 Å². The molecule has 76 valence electrons. The molecule has 0 saturated carbocycles. The van der Waals surface area contributed by atoms with Crippen molar-refractivity contribution in [2.75, 3.05) is 0 Å². The third kappa shape index (κ3) is 2.10. The molecule has 0 amide bonds. The first-order chi connectivity index (χ1) is 7.24. The maximum absolute atomic E-state index is 3.49. The van der Waals surface area contributed by atoms with E-state index in [1.165, 1.54) is 21.5 Å². The summed E-state index contributed by atoms with van der Waals surface area (Å²) in [7, 11) is 0. The van der Waals surface area contributed by atoms with Crippen molar-refractivity contribution in [1.29, 1.82) is 0 Å². The molecular formula is C13H7Br2Zr+. The minimum absolute atomic E-state index is 0. The van der Waals surface area contributed by atoms with E-state index in [-0.39, 0.29) is 26.2 Å². The fraction of sp³-hybridized carbons (Fsp3) is 0. The van der Waals surface area contributed by atoms with E-state index in [2.05, 4.69) is 74.3 Å². The minimum atomic E-state index is 0. The van der Waals surface area contributed by atoms with Crippen molar-refractivity contribution in [2.45, 2.75) is 0 Å². The third-order valence-electron chi connectivity index (χ3n) is 2.63. The predicted octanol–water partition coefficient (Wildman–Crippen LogP) is 5.23. The van der Waals surface area contributed by atoms with Gasteiger partial charge in [-0.15, -0.1) is 39.7 Å². The SMILES string of the molecule is Brc1ccc2c(c1)[cH-]c1cc(Br)ccc12.[Zr+2]. The Morgan fingerprint density at radius 1 is 0.750 bits per heavy atom. The molecule has 3 rings (SSSR count). The van der Waals surface area contributed by atoms with E-state index >= 15 is 0 Å². The van der Waals surface area contributed by atoms with Gasteiger partial charge in [-0.2, -0.15) is 0 Å². The molecule has 0 N–H and O–H groups in total. The van der Waals surface area contributed by atoms with E-state index in [0.29, 0.717) is 0 Å². The summed E-state index contributed by atoms with van der Waals surface area (Å²) in [4.78, 5) is 0. The summed E-state index contributed by atoms with van der Waals surface area (Å²) in [5, 5.41) is 5.22. The van der Waals surface area contributed by atoms with Gasteiger partial charge in [-0.05, 0) is 8.95 Å². The zero-order valence-electron chi connectivity index (χ0n) is 8.30. The second-order valence-electron chi connectivity index (χ2n) is 3.61. The monoisotopic (exact) mass is 411 g/mol. The Bertz CT molecular complexity index is 599. The molecule has 0 aliphatic heterocycles. The molecule has 0 saturated heterocycles. The number of rotatable bonds is 0. The topological polar surface area (TPSA) is 0 Å². The molecular weight excluding hydrogens is 407 g/mol. The second kappa shape index (κ2) is 4.80. The largest absolute Gasteiger partial charge is 2.00 e. The molecule has 0 radical (unpaired) electrons. The van der Waals surface area contributed by atoms with Gasteiger partial charge in [0.15, 0.2) is 0 Å². The third-order valence-corrected chi connectivity index (χ3v) is 3.61. The summed E-state index contributed by atoms with van der Waals surface area (Å²) < 4.78 is 2.26. The van der Waals surface area contributed by atoms with Crippen LogP contribution in [0.2, 0.25) is 0 Å². The van der Waals surface area contributed by atoms with Crippen molar-refractivity contribution in [3.8, 4) is 0 Å². The minimum Gasteiger partial charge on any atom is -0.126 e. The van der Waals surface area contributed by atoms with E-state index in [4.69, 9.17) is 0 Å². The number of hydrogen-bond donors (Lipinski definition) is 0. The number of hydrogen-bond acceptors (Lipinski definition) is 0. The predicted molar refractivity (Wildman–Crippen MR) is 72.4 cm³/mol. The van der Waals surface area contributed by atoms with Gasteiger partial charge in [0.25, 0.3) is 0 Å². The van der Waals surface area contributed by atoms with Crippen molar-refractivity contribution in [3.63, 3.8) is 0 Å². The zero-order valence-corrected chi connectivity index (χ0v) is 13.9. The van der Waals surface area contributed by atoms with Crippen LogP contribution < -0.4 is 0 Å². The first-order valence-electron chi connectivity index (χ1n) is 4.68. The van der Waals surface area contributed by atoms with E-state index in [1.807, 2.05) is 0 Å². The van der Waals surface area contributed by atoms with Crippen molar-refractivity contribution in [3.05, 3.63) is 51.4 Å². The van der Waals surface area contributed by atoms with Crippen LogP contribution in [0.15, 0.2) is 51.4 Å². The Kier molecular flexibility index (Phi) is 3.78. The molecule has 3 aromatic carbocycles. The van der Waals surface area contributed by atoms with Crippen LogP contribution in [-0.2, 0) is 26.2 Å². The van der Waals surface area contributed by atoms with Gasteiger partial charge in [0, 0.05) is 0 Å². The summed E-state index contributed by atoms with van der Waals surface area (Å²) in [5.41, 5.74) is 0. The Balaban J connectivity index is 0.000000963. The molecule has 3 aromatic rings. The summed E-state index contributed by atoms with van der Waals surface area (Å²) in [6.07, 6.45) is 0. The summed E-state index contributed by atoms with van der Waals surface area (Å²) in [6, 6.07) is 15.0. The summed E-state index contributed by atoms with van der Waals surface area (Å²) in [6.45, 7) is 0. The molecule has 0 spiro atoms. The van der Waals surface area contributed by atoms with Crippen LogP contribution in [0, 0.1) is 0 Å². The van der Waals surface area contributed by atoms with E-state index in [9.17, 15) is 0 Å². The van der Waals surface area contributed by atoms with Crippen LogP contribution >= 0.6 is 31.9 Å². The molecule has 0 unspecified atom stereocenters. The molecule has 3 heteroatoms. The zero-order chi connectivity index (χ0) is 10.4. The van der Waals surface area contributed by atoms with Gasteiger partial charge in [0.1, 0.15) is 0 Å². The van der Waals surface area contributed by atoms with Crippen LogP contribution in [0.1, 0.15) is 0 Å². The maximum atomic E-state index is 3.49. The molecule has 0 nitrogen and oxygen atoms in total. The first-order valence-corrected chi connectivity index (χ1v) is 6.27. The van der Waals surface area contributed by atoms with Crippen LogP contribution in [0.4, 0.5) is 0 Å². The molecule has 0 heterocycles. The average molecular weight is 414 g/mol. The van der Waals surface area contributed by atoms with Crippen molar-refractivity contribution >= 4 is 53.4 Å².